The highest BCUT2D eigenvalue weighted by Gasteiger charge is 2.14. The minimum atomic E-state index is 0.608. The van der Waals surface area contributed by atoms with Crippen LogP contribution in [0.3, 0.4) is 0 Å². The SMILES string of the molecule is Nc1cnc(NCC2CCCC2)nc1. The van der Waals surface area contributed by atoms with E-state index in [4.69, 9.17) is 5.73 Å². The highest BCUT2D eigenvalue weighted by atomic mass is 15.1. The number of hydrogen-bond donors (Lipinski definition) is 2. The summed E-state index contributed by atoms with van der Waals surface area (Å²) in [7, 11) is 0. The second kappa shape index (κ2) is 4.26. The van der Waals surface area contributed by atoms with Crippen LogP contribution in [-0.2, 0) is 0 Å². The van der Waals surface area contributed by atoms with E-state index in [9.17, 15) is 0 Å². The van der Waals surface area contributed by atoms with Crippen LogP contribution in [-0.4, -0.2) is 16.5 Å². The number of nitrogens with zero attached hydrogens (tertiary/aromatic N) is 2. The van der Waals surface area contributed by atoms with Crippen molar-refractivity contribution in [2.24, 2.45) is 5.92 Å². The average molecular weight is 192 g/mol. The Bertz CT molecular complexity index is 277. The van der Waals surface area contributed by atoms with Crippen molar-refractivity contribution >= 4 is 11.6 Å². The summed E-state index contributed by atoms with van der Waals surface area (Å²) in [4.78, 5) is 8.18. The van der Waals surface area contributed by atoms with Gasteiger partial charge in [-0.25, -0.2) is 9.97 Å². The molecule has 0 radical (unpaired) electrons. The lowest BCUT2D eigenvalue weighted by Gasteiger charge is -2.09. The Labute approximate surface area is 83.9 Å². The van der Waals surface area contributed by atoms with Gasteiger partial charge in [-0.2, -0.15) is 0 Å². The van der Waals surface area contributed by atoms with Crippen molar-refractivity contribution in [3.05, 3.63) is 12.4 Å². The Hall–Kier alpha value is -1.32. The molecule has 14 heavy (non-hydrogen) atoms. The summed E-state index contributed by atoms with van der Waals surface area (Å²) in [5.41, 5.74) is 6.10. The average Bonchev–Trinajstić information content (AvgIpc) is 2.70. The number of nitrogen functional groups attached to an aromatic ring is 1. The molecule has 76 valence electrons. The van der Waals surface area contributed by atoms with E-state index in [2.05, 4.69) is 15.3 Å². The summed E-state index contributed by atoms with van der Waals surface area (Å²) >= 11 is 0. The standard InChI is InChI=1S/C10H16N4/c11-9-6-13-10(14-7-9)12-5-8-3-1-2-4-8/h6-8H,1-5,11H2,(H,12,13,14). The van der Waals surface area contributed by atoms with Gasteiger partial charge < -0.3 is 11.1 Å². The van der Waals surface area contributed by atoms with Crippen molar-refractivity contribution in [1.82, 2.24) is 9.97 Å². The monoisotopic (exact) mass is 192 g/mol. The van der Waals surface area contributed by atoms with Crippen LogP contribution in [0.1, 0.15) is 25.7 Å². The van der Waals surface area contributed by atoms with Crippen molar-refractivity contribution in [1.29, 1.82) is 0 Å². The first-order chi connectivity index (χ1) is 6.84. The molecule has 1 aromatic heterocycles. The Kier molecular flexibility index (Phi) is 2.81. The number of rotatable bonds is 3. The number of nitrogens with two attached hydrogens (primary N) is 1. The third-order valence-corrected chi connectivity index (χ3v) is 2.70. The van der Waals surface area contributed by atoms with E-state index in [0.29, 0.717) is 11.6 Å². The van der Waals surface area contributed by atoms with Crippen LogP contribution < -0.4 is 11.1 Å². The Morgan fingerprint density at radius 1 is 1.29 bits per heavy atom. The minimum absolute atomic E-state index is 0.608. The van der Waals surface area contributed by atoms with Gasteiger partial charge in [-0.15, -0.1) is 0 Å². The minimum Gasteiger partial charge on any atom is -0.396 e. The van der Waals surface area contributed by atoms with Crippen LogP contribution in [0.15, 0.2) is 12.4 Å². The number of hydrogen-bond acceptors (Lipinski definition) is 4. The predicted molar refractivity (Wildman–Crippen MR) is 56.9 cm³/mol. The van der Waals surface area contributed by atoms with Gasteiger partial charge >= 0.3 is 0 Å². The first-order valence-corrected chi connectivity index (χ1v) is 5.16. The topological polar surface area (TPSA) is 63.8 Å². The fraction of sp³-hybridized carbons (Fsp3) is 0.600. The van der Waals surface area contributed by atoms with E-state index in [1.165, 1.54) is 25.7 Å². The molecule has 0 aromatic carbocycles. The summed E-state index contributed by atoms with van der Waals surface area (Å²) in [5.74, 6) is 1.49. The summed E-state index contributed by atoms with van der Waals surface area (Å²) in [6, 6.07) is 0. The maximum absolute atomic E-state index is 5.49. The normalized spacial score (nSPS) is 17.1. The zero-order chi connectivity index (χ0) is 9.80. The Balaban J connectivity index is 1.82. The highest BCUT2D eigenvalue weighted by Crippen LogP contribution is 2.24. The van der Waals surface area contributed by atoms with Gasteiger partial charge in [0.2, 0.25) is 5.95 Å². The van der Waals surface area contributed by atoms with Crippen LogP contribution in [0, 0.1) is 5.92 Å². The van der Waals surface area contributed by atoms with Crippen molar-refractivity contribution in [3.63, 3.8) is 0 Å². The van der Waals surface area contributed by atoms with Gasteiger partial charge in [0, 0.05) is 6.54 Å². The van der Waals surface area contributed by atoms with Crippen LogP contribution >= 0.6 is 0 Å². The fourth-order valence-electron chi connectivity index (χ4n) is 1.88. The molecule has 2 rings (SSSR count). The first-order valence-electron chi connectivity index (χ1n) is 5.16. The molecule has 0 amide bonds. The van der Waals surface area contributed by atoms with Crippen LogP contribution in [0.2, 0.25) is 0 Å². The van der Waals surface area contributed by atoms with Gasteiger partial charge in [-0.3, -0.25) is 0 Å². The lowest BCUT2D eigenvalue weighted by atomic mass is 10.1. The van der Waals surface area contributed by atoms with Crippen molar-refractivity contribution in [3.8, 4) is 0 Å². The van der Waals surface area contributed by atoms with E-state index in [-0.39, 0.29) is 0 Å². The van der Waals surface area contributed by atoms with E-state index in [0.717, 1.165) is 12.5 Å². The molecule has 1 aliphatic rings. The van der Waals surface area contributed by atoms with Crippen molar-refractivity contribution in [2.45, 2.75) is 25.7 Å². The van der Waals surface area contributed by atoms with E-state index < -0.39 is 0 Å². The lowest BCUT2D eigenvalue weighted by molar-refractivity contribution is 0.577. The van der Waals surface area contributed by atoms with Gasteiger partial charge in [0.05, 0.1) is 18.1 Å². The fourth-order valence-corrected chi connectivity index (χ4v) is 1.88. The molecule has 0 bridgehead atoms. The molecule has 3 N–H and O–H groups in total. The quantitative estimate of drug-likeness (QED) is 0.764. The molecular formula is C10H16N4. The third-order valence-electron chi connectivity index (χ3n) is 2.70. The predicted octanol–water partition coefficient (Wildman–Crippen LogP) is 1.66. The largest absolute Gasteiger partial charge is 0.396 e. The molecule has 4 nitrogen and oxygen atoms in total. The highest BCUT2D eigenvalue weighted by molar-refractivity contribution is 5.35. The molecular weight excluding hydrogens is 176 g/mol. The van der Waals surface area contributed by atoms with Gasteiger partial charge in [0.15, 0.2) is 0 Å². The second-order valence-corrected chi connectivity index (χ2v) is 3.87. The number of aromatic nitrogens is 2. The molecule has 1 aromatic rings. The van der Waals surface area contributed by atoms with Gasteiger partial charge in [-0.1, -0.05) is 12.8 Å². The molecule has 1 saturated carbocycles. The molecule has 0 spiro atoms. The molecule has 4 heteroatoms. The molecule has 0 atom stereocenters. The maximum atomic E-state index is 5.49. The van der Waals surface area contributed by atoms with Crippen LogP contribution in [0.25, 0.3) is 0 Å². The molecule has 0 unspecified atom stereocenters. The second-order valence-electron chi connectivity index (χ2n) is 3.87. The molecule has 1 aliphatic carbocycles. The van der Waals surface area contributed by atoms with Gasteiger partial charge in [0.1, 0.15) is 0 Å². The molecule has 0 aliphatic heterocycles. The molecule has 1 heterocycles. The molecule has 1 fully saturated rings. The van der Waals surface area contributed by atoms with Crippen molar-refractivity contribution < 1.29 is 0 Å². The lowest BCUT2D eigenvalue weighted by Crippen LogP contribution is -2.12. The Morgan fingerprint density at radius 3 is 2.57 bits per heavy atom. The summed E-state index contributed by atoms with van der Waals surface area (Å²) in [5, 5.41) is 3.24. The smallest absolute Gasteiger partial charge is 0.222 e. The maximum Gasteiger partial charge on any atom is 0.222 e. The van der Waals surface area contributed by atoms with Gasteiger partial charge in [-0.05, 0) is 18.8 Å². The van der Waals surface area contributed by atoms with E-state index in [1.54, 1.807) is 12.4 Å². The zero-order valence-electron chi connectivity index (χ0n) is 8.24. The summed E-state index contributed by atoms with van der Waals surface area (Å²) < 4.78 is 0. The summed E-state index contributed by atoms with van der Waals surface area (Å²) in [6.45, 7) is 0.990. The third kappa shape index (κ3) is 2.34. The van der Waals surface area contributed by atoms with E-state index in [1.807, 2.05) is 0 Å². The van der Waals surface area contributed by atoms with Crippen LogP contribution in [0.5, 0.6) is 0 Å². The zero-order valence-corrected chi connectivity index (χ0v) is 8.24. The Morgan fingerprint density at radius 2 is 1.93 bits per heavy atom. The number of anilines is 2. The number of nitrogens with one attached hydrogen (secondary N) is 1. The van der Waals surface area contributed by atoms with E-state index >= 15 is 0 Å². The molecule has 0 saturated heterocycles. The van der Waals surface area contributed by atoms with Crippen LogP contribution in [0.4, 0.5) is 11.6 Å². The first kappa shape index (κ1) is 9.24. The van der Waals surface area contributed by atoms with Crippen molar-refractivity contribution in [2.75, 3.05) is 17.6 Å². The summed E-state index contributed by atoms with van der Waals surface area (Å²) in [6.07, 6.45) is 8.67. The van der Waals surface area contributed by atoms with Gasteiger partial charge in [0.25, 0.3) is 0 Å².